The van der Waals surface area contributed by atoms with Crippen LogP contribution in [0, 0.1) is 5.92 Å². The molecule has 1 saturated carbocycles. The highest BCUT2D eigenvalue weighted by Crippen LogP contribution is 2.40. The molecule has 1 aliphatic carbocycles. The standard InChI is InChI=1S/C19H28N4O/c1-2-21-19(23-10-6-7-14(13-23)11-18(20)24)22-17-12-16(17)15-8-4-3-5-9-15/h3-5,8-9,14,16-17H,2,6-7,10-13H2,1H3,(H2,20,24)(H,21,22). The summed E-state index contributed by atoms with van der Waals surface area (Å²) in [7, 11) is 0. The maximum atomic E-state index is 11.2. The smallest absolute Gasteiger partial charge is 0.217 e. The van der Waals surface area contributed by atoms with Gasteiger partial charge >= 0.3 is 0 Å². The molecule has 1 amide bonds. The highest BCUT2D eigenvalue weighted by molar-refractivity contribution is 5.81. The highest BCUT2D eigenvalue weighted by atomic mass is 16.1. The molecule has 2 fully saturated rings. The van der Waals surface area contributed by atoms with Gasteiger partial charge in [-0.15, -0.1) is 0 Å². The molecule has 0 aromatic heterocycles. The fourth-order valence-electron chi connectivity index (χ4n) is 3.68. The second-order valence-electron chi connectivity index (χ2n) is 6.93. The van der Waals surface area contributed by atoms with Gasteiger partial charge in [0.2, 0.25) is 5.91 Å². The van der Waals surface area contributed by atoms with E-state index >= 15 is 0 Å². The van der Waals surface area contributed by atoms with E-state index in [0.29, 0.717) is 24.3 Å². The molecule has 3 atom stereocenters. The van der Waals surface area contributed by atoms with Gasteiger partial charge in [-0.3, -0.25) is 9.79 Å². The Bertz CT molecular complexity index is 586. The lowest BCUT2D eigenvalue weighted by Crippen LogP contribution is -2.48. The van der Waals surface area contributed by atoms with Crippen molar-refractivity contribution >= 4 is 11.9 Å². The van der Waals surface area contributed by atoms with Crippen LogP contribution in [0.1, 0.15) is 44.1 Å². The van der Waals surface area contributed by atoms with Crippen molar-refractivity contribution in [2.24, 2.45) is 16.6 Å². The zero-order valence-corrected chi connectivity index (χ0v) is 14.4. The number of nitrogens with zero attached hydrogens (tertiary/aromatic N) is 2. The first-order valence-corrected chi connectivity index (χ1v) is 9.06. The van der Waals surface area contributed by atoms with Gasteiger partial charge in [0.25, 0.3) is 0 Å². The van der Waals surface area contributed by atoms with Crippen molar-refractivity contribution in [1.29, 1.82) is 0 Å². The van der Waals surface area contributed by atoms with Crippen molar-refractivity contribution in [2.45, 2.75) is 44.6 Å². The molecule has 2 aliphatic rings. The van der Waals surface area contributed by atoms with Gasteiger partial charge in [0.1, 0.15) is 0 Å². The summed E-state index contributed by atoms with van der Waals surface area (Å²) >= 11 is 0. The zero-order chi connectivity index (χ0) is 16.9. The Kier molecular flexibility index (Phi) is 5.38. The average Bonchev–Trinajstić information content (AvgIpc) is 3.34. The maximum absolute atomic E-state index is 11.2. The number of aliphatic imine (C=N–C) groups is 1. The number of piperidine rings is 1. The van der Waals surface area contributed by atoms with Crippen LogP contribution < -0.4 is 11.1 Å². The Balaban J connectivity index is 1.59. The molecule has 1 heterocycles. The largest absolute Gasteiger partial charge is 0.370 e. The number of carbonyl (C=O) groups excluding carboxylic acids is 1. The van der Waals surface area contributed by atoms with E-state index in [9.17, 15) is 4.79 Å². The predicted molar refractivity (Wildman–Crippen MR) is 96.8 cm³/mol. The second-order valence-corrected chi connectivity index (χ2v) is 6.93. The molecule has 3 N–H and O–H groups in total. The van der Waals surface area contributed by atoms with Gasteiger partial charge in [-0.2, -0.15) is 0 Å². The number of primary amides is 1. The number of hydrogen-bond donors (Lipinski definition) is 2. The van der Waals surface area contributed by atoms with E-state index in [1.54, 1.807) is 0 Å². The van der Waals surface area contributed by atoms with Gasteiger partial charge in [-0.1, -0.05) is 30.3 Å². The summed E-state index contributed by atoms with van der Waals surface area (Å²) < 4.78 is 0. The number of likely N-dealkylation sites (tertiary alicyclic amines) is 1. The van der Waals surface area contributed by atoms with Crippen LogP contribution in [0.15, 0.2) is 35.3 Å². The Hall–Kier alpha value is -2.04. The van der Waals surface area contributed by atoms with E-state index in [4.69, 9.17) is 5.73 Å². The number of nitrogens with one attached hydrogen (secondary N) is 1. The molecule has 3 rings (SSSR count). The number of nitrogens with two attached hydrogens (primary N) is 1. The minimum Gasteiger partial charge on any atom is -0.370 e. The number of hydrogen-bond acceptors (Lipinski definition) is 2. The molecule has 1 saturated heterocycles. The van der Waals surface area contributed by atoms with Crippen LogP contribution in [-0.2, 0) is 4.79 Å². The molecule has 1 aliphatic heterocycles. The maximum Gasteiger partial charge on any atom is 0.217 e. The van der Waals surface area contributed by atoms with Crippen molar-refractivity contribution in [3.05, 3.63) is 35.9 Å². The molecular formula is C19H28N4O. The lowest BCUT2D eigenvalue weighted by molar-refractivity contribution is -0.119. The fourth-order valence-corrected chi connectivity index (χ4v) is 3.68. The van der Waals surface area contributed by atoms with E-state index in [0.717, 1.165) is 44.9 Å². The summed E-state index contributed by atoms with van der Waals surface area (Å²) in [6.07, 6.45) is 3.81. The monoisotopic (exact) mass is 328 g/mol. The van der Waals surface area contributed by atoms with Gasteiger partial charge in [0, 0.05) is 38.0 Å². The molecular weight excluding hydrogens is 300 g/mol. The highest BCUT2D eigenvalue weighted by Gasteiger charge is 2.39. The normalized spacial score (nSPS) is 27.0. The lowest BCUT2D eigenvalue weighted by atomic mass is 9.95. The number of carbonyl (C=O) groups is 1. The van der Waals surface area contributed by atoms with Gasteiger partial charge in [-0.25, -0.2) is 0 Å². The molecule has 1 aromatic rings. The lowest BCUT2D eigenvalue weighted by Gasteiger charge is -2.35. The van der Waals surface area contributed by atoms with Gasteiger partial charge in [0.15, 0.2) is 5.96 Å². The van der Waals surface area contributed by atoms with Crippen LogP contribution in [-0.4, -0.2) is 42.4 Å². The third kappa shape index (κ3) is 4.28. The fraction of sp³-hybridized carbons (Fsp3) is 0.579. The first kappa shape index (κ1) is 16.8. The predicted octanol–water partition coefficient (Wildman–Crippen LogP) is 2.10. The van der Waals surface area contributed by atoms with Gasteiger partial charge in [0.05, 0.1) is 0 Å². The number of rotatable bonds is 5. The molecule has 5 heteroatoms. The molecule has 3 unspecified atom stereocenters. The molecule has 1 aromatic carbocycles. The minimum absolute atomic E-state index is 0.199. The van der Waals surface area contributed by atoms with Crippen LogP contribution in [0.5, 0.6) is 0 Å². The van der Waals surface area contributed by atoms with Crippen molar-refractivity contribution in [3.63, 3.8) is 0 Å². The second kappa shape index (κ2) is 7.69. The van der Waals surface area contributed by atoms with Gasteiger partial charge in [-0.05, 0) is 37.7 Å². The van der Waals surface area contributed by atoms with E-state index in [1.165, 1.54) is 5.56 Å². The van der Waals surface area contributed by atoms with Crippen molar-refractivity contribution < 1.29 is 4.79 Å². The van der Waals surface area contributed by atoms with Crippen molar-refractivity contribution in [2.75, 3.05) is 19.6 Å². The molecule has 0 radical (unpaired) electrons. The zero-order valence-electron chi connectivity index (χ0n) is 14.4. The number of amides is 1. The molecule has 0 spiro atoms. The molecule has 0 bridgehead atoms. The van der Waals surface area contributed by atoms with Crippen molar-refractivity contribution in [3.8, 4) is 0 Å². The summed E-state index contributed by atoms with van der Waals surface area (Å²) in [5.74, 6) is 1.73. The third-order valence-electron chi connectivity index (χ3n) is 4.95. The van der Waals surface area contributed by atoms with Crippen LogP contribution in [0.4, 0.5) is 0 Å². The Morgan fingerprint density at radius 1 is 1.38 bits per heavy atom. The minimum atomic E-state index is -0.199. The summed E-state index contributed by atoms with van der Waals surface area (Å²) in [5, 5.41) is 3.64. The molecule has 130 valence electrons. The first-order valence-electron chi connectivity index (χ1n) is 9.06. The first-order chi connectivity index (χ1) is 11.7. The van der Waals surface area contributed by atoms with Crippen molar-refractivity contribution in [1.82, 2.24) is 10.2 Å². The van der Waals surface area contributed by atoms with E-state index in [2.05, 4.69) is 52.5 Å². The van der Waals surface area contributed by atoms with Crippen LogP contribution >= 0.6 is 0 Å². The number of benzene rings is 1. The average molecular weight is 328 g/mol. The third-order valence-corrected chi connectivity index (χ3v) is 4.95. The van der Waals surface area contributed by atoms with Crippen LogP contribution in [0.2, 0.25) is 0 Å². The summed E-state index contributed by atoms with van der Waals surface area (Å²) in [4.78, 5) is 18.2. The summed E-state index contributed by atoms with van der Waals surface area (Å²) in [5.41, 5.74) is 6.77. The molecule has 5 nitrogen and oxygen atoms in total. The SMILES string of the molecule is CCN=C(NC1CC1c1ccccc1)N1CCCC(CC(N)=O)C1. The van der Waals surface area contributed by atoms with E-state index < -0.39 is 0 Å². The quantitative estimate of drug-likeness (QED) is 0.642. The molecule has 24 heavy (non-hydrogen) atoms. The Morgan fingerprint density at radius 2 is 2.17 bits per heavy atom. The Labute approximate surface area is 144 Å². The van der Waals surface area contributed by atoms with Crippen LogP contribution in [0.25, 0.3) is 0 Å². The van der Waals surface area contributed by atoms with Gasteiger partial charge < -0.3 is 16.0 Å². The summed E-state index contributed by atoms with van der Waals surface area (Å²) in [6, 6.07) is 11.1. The van der Waals surface area contributed by atoms with Crippen LogP contribution in [0.3, 0.4) is 0 Å². The Morgan fingerprint density at radius 3 is 2.88 bits per heavy atom. The van der Waals surface area contributed by atoms with E-state index in [-0.39, 0.29) is 5.91 Å². The van der Waals surface area contributed by atoms with E-state index in [1.807, 2.05) is 0 Å². The topological polar surface area (TPSA) is 70.7 Å². The summed E-state index contributed by atoms with van der Waals surface area (Å²) in [6.45, 7) is 4.71. The number of guanidine groups is 1.